The molecule has 0 saturated carbocycles. The standard InChI is InChI=1S/C29H37FN6O5/c1-29(2,3)41-28(38)33-14-18-17-36(9-7-23-27(37)35-24-12-19(30)4-5-22(24)34-23)8-6-21(18)32-15-20-13-25-26(16-31-20)40-11-10-39-25/h4-5,12-13,16,18,21,32H,6-11,14-15,17H2,1-3H3,(H,33,38)(H,35,37). The average molecular weight is 569 g/mol. The Bertz CT molecular complexity index is 1440. The van der Waals surface area contributed by atoms with Gasteiger partial charge in [0.1, 0.15) is 30.3 Å². The Kier molecular flexibility index (Phi) is 8.69. The predicted octanol–water partition coefficient (Wildman–Crippen LogP) is 2.78. The molecule has 2 atom stereocenters. The summed E-state index contributed by atoms with van der Waals surface area (Å²) < 4.78 is 30.2. The minimum absolute atomic E-state index is 0.0827. The molecule has 11 nitrogen and oxygen atoms in total. The van der Waals surface area contributed by atoms with Crippen LogP contribution < -0.4 is 25.7 Å². The van der Waals surface area contributed by atoms with Crippen LogP contribution in [0.3, 0.4) is 0 Å². The highest BCUT2D eigenvalue weighted by atomic mass is 19.1. The molecule has 220 valence electrons. The molecule has 0 bridgehead atoms. The summed E-state index contributed by atoms with van der Waals surface area (Å²) in [7, 11) is 0. The van der Waals surface area contributed by atoms with Gasteiger partial charge in [-0.3, -0.25) is 9.78 Å². The number of carbonyl (C=O) groups excluding carboxylic acids is 1. The van der Waals surface area contributed by atoms with Gasteiger partial charge in [0.15, 0.2) is 11.5 Å². The third-order valence-electron chi connectivity index (χ3n) is 7.15. The normalized spacial score (nSPS) is 19.2. The second-order valence-electron chi connectivity index (χ2n) is 11.5. The summed E-state index contributed by atoms with van der Waals surface area (Å²) in [5.74, 6) is 1.01. The predicted molar refractivity (Wildman–Crippen MR) is 151 cm³/mol. The second-order valence-corrected chi connectivity index (χ2v) is 11.5. The molecule has 1 amide bonds. The third-order valence-corrected chi connectivity index (χ3v) is 7.15. The SMILES string of the molecule is CC(C)(C)OC(=O)NCC1CN(CCc2nc3ccc(F)cc3[nH]c2=O)CCC1NCc1cc2c(cn1)OCCO2. The largest absolute Gasteiger partial charge is 0.486 e. The van der Waals surface area contributed by atoms with Crippen molar-refractivity contribution in [3.63, 3.8) is 0 Å². The molecule has 3 aromatic rings. The molecule has 12 heteroatoms. The van der Waals surface area contributed by atoms with Crippen molar-refractivity contribution in [2.45, 2.75) is 51.8 Å². The lowest BCUT2D eigenvalue weighted by Crippen LogP contribution is -2.53. The van der Waals surface area contributed by atoms with Crippen LogP contribution >= 0.6 is 0 Å². The number of rotatable bonds is 8. The number of hydrogen-bond donors (Lipinski definition) is 3. The van der Waals surface area contributed by atoms with E-state index in [1.165, 1.54) is 12.1 Å². The Balaban J connectivity index is 1.22. The Morgan fingerprint density at radius 2 is 2.02 bits per heavy atom. The first-order chi connectivity index (χ1) is 19.6. The van der Waals surface area contributed by atoms with E-state index in [1.54, 1.807) is 12.3 Å². The molecule has 2 aliphatic rings. The molecule has 0 radical (unpaired) electrons. The van der Waals surface area contributed by atoms with Crippen LogP contribution in [0.1, 0.15) is 38.6 Å². The van der Waals surface area contributed by atoms with Gasteiger partial charge in [-0.15, -0.1) is 0 Å². The Labute approximate surface area is 237 Å². The molecule has 41 heavy (non-hydrogen) atoms. The molecule has 0 spiro atoms. The first-order valence-electron chi connectivity index (χ1n) is 14.0. The van der Waals surface area contributed by atoms with Gasteiger partial charge in [0.05, 0.1) is 22.9 Å². The number of halogens is 1. The lowest BCUT2D eigenvalue weighted by molar-refractivity contribution is 0.0496. The van der Waals surface area contributed by atoms with Crippen LogP contribution in [0.4, 0.5) is 9.18 Å². The van der Waals surface area contributed by atoms with Crippen LogP contribution in [0.15, 0.2) is 35.3 Å². The van der Waals surface area contributed by atoms with Gasteiger partial charge < -0.3 is 34.7 Å². The van der Waals surface area contributed by atoms with E-state index < -0.39 is 17.5 Å². The number of alkyl carbamates (subject to hydrolysis) is 1. The lowest BCUT2D eigenvalue weighted by Gasteiger charge is -2.39. The number of aromatic amines is 1. The van der Waals surface area contributed by atoms with Gasteiger partial charge in [-0.1, -0.05) is 0 Å². The molecule has 1 saturated heterocycles. The highest BCUT2D eigenvalue weighted by Gasteiger charge is 2.30. The zero-order valence-corrected chi connectivity index (χ0v) is 23.7. The maximum absolute atomic E-state index is 13.5. The van der Waals surface area contributed by atoms with E-state index >= 15 is 0 Å². The topological polar surface area (TPSA) is 131 Å². The highest BCUT2D eigenvalue weighted by molar-refractivity contribution is 5.73. The van der Waals surface area contributed by atoms with E-state index in [1.807, 2.05) is 26.8 Å². The summed E-state index contributed by atoms with van der Waals surface area (Å²) in [6.07, 6.45) is 2.53. The number of ether oxygens (including phenoxy) is 3. The van der Waals surface area contributed by atoms with E-state index in [-0.39, 0.29) is 17.5 Å². The van der Waals surface area contributed by atoms with Crippen molar-refractivity contribution >= 4 is 17.1 Å². The summed E-state index contributed by atoms with van der Waals surface area (Å²) in [5.41, 5.74) is 1.29. The van der Waals surface area contributed by atoms with Crippen molar-refractivity contribution in [3.8, 4) is 11.5 Å². The number of nitrogens with one attached hydrogen (secondary N) is 3. The fourth-order valence-electron chi connectivity index (χ4n) is 5.17. The third kappa shape index (κ3) is 7.70. The van der Waals surface area contributed by atoms with E-state index in [2.05, 4.69) is 30.5 Å². The minimum atomic E-state index is -0.587. The summed E-state index contributed by atoms with van der Waals surface area (Å²) >= 11 is 0. The smallest absolute Gasteiger partial charge is 0.407 e. The van der Waals surface area contributed by atoms with Crippen molar-refractivity contribution in [1.29, 1.82) is 0 Å². The first kappa shape index (κ1) is 28.7. The fourth-order valence-corrected chi connectivity index (χ4v) is 5.17. The molecule has 2 aliphatic heterocycles. The molecule has 1 aromatic carbocycles. The van der Waals surface area contributed by atoms with Gasteiger partial charge in [0.2, 0.25) is 0 Å². The molecule has 2 unspecified atom stereocenters. The van der Waals surface area contributed by atoms with E-state index in [4.69, 9.17) is 14.2 Å². The van der Waals surface area contributed by atoms with Crippen molar-refractivity contribution in [3.05, 3.63) is 58.0 Å². The fraction of sp³-hybridized carbons (Fsp3) is 0.517. The van der Waals surface area contributed by atoms with Crippen LogP contribution in [-0.2, 0) is 17.7 Å². The number of nitrogens with zero attached hydrogens (tertiary/aromatic N) is 3. The van der Waals surface area contributed by atoms with Crippen LogP contribution in [0.25, 0.3) is 11.0 Å². The van der Waals surface area contributed by atoms with Crippen LogP contribution in [-0.4, -0.2) is 77.0 Å². The van der Waals surface area contributed by atoms with Crippen LogP contribution in [0.2, 0.25) is 0 Å². The number of H-pyrrole nitrogens is 1. The van der Waals surface area contributed by atoms with Gasteiger partial charge in [0.25, 0.3) is 5.56 Å². The summed E-state index contributed by atoms with van der Waals surface area (Å²) in [6.45, 7) is 9.64. The number of hydrogen-bond acceptors (Lipinski definition) is 9. The average Bonchev–Trinajstić information content (AvgIpc) is 2.93. The number of benzene rings is 1. The maximum Gasteiger partial charge on any atom is 0.407 e. The second kappa shape index (κ2) is 12.4. The van der Waals surface area contributed by atoms with Gasteiger partial charge in [0, 0.05) is 50.6 Å². The number of carbonyl (C=O) groups is 1. The minimum Gasteiger partial charge on any atom is -0.486 e. The zero-order valence-electron chi connectivity index (χ0n) is 23.7. The van der Waals surface area contributed by atoms with Crippen LogP contribution in [0.5, 0.6) is 11.5 Å². The van der Waals surface area contributed by atoms with Gasteiger partial charge in [-0.25, -0.2) is 14.2 Å². The van der Waals surface area contributed by atoms with E-state index in [0.29, 0.717) is 74.0 Å². The first-order valence-corrected chi connectivity index (χ1v) is 14.0. The zero-order chi connectivity index (χ0) is 29.0. The lowest BCUT2D eigenvalue weighted by atomic mass is 9.91. The number of amides is 1. The molecule has 2 aromatic heterocycles. The summed E-state index contributed by atoms with van der Waals surface area (Å²) in [5, 5.41) is 6.55. The van der Waals surface area contributed by atoms with Crippen molar-refractivity contribution in [2.24, 2.45) is 5.92 Å². The molecule has 3 N–H and O–H groups in total. The Morgan fingerprint density at radius 1 is 1.22 bits per heavy atom. The molecular formula is C29H37FN6O5. The van der Waals surface area contributed by atoms with E-state index in [9.17, 15) is 14.0 Å². The van der Waals surface area contributed by atoms with Gasteiger partial charge >= 0.3 is 6.09 Å². The van der Waals surface area contributed by atoms with Crippen LogP contribution in [0, 0.1) is 11.7 Å². The number of pyridine rings is 1. The summed E-state index contributed by atoms with van der Waals surface area (Å²) in [6, 6.07) is 6.18. The summed E-state index contributed by atoms with van der Waals surface area (Å²) in [4.78, 5) is 39.0. The number of aromatic nitrogens is 3. The quantitative estimate of drug-likeness (QED) is 0.376. The number of piperidine rings is 1. The molecule has 4 heterocycles. The van der Waals surface area contributed by atoms with Crippen molar-refractivity contribution < 1.29 is 23.4 Å². The molecule has 5 rings (SSSR count). The Hall–Kier alpha value is -3.77. The highest BCUT2D eigenvalue weighted by Crippen LogP contribution is 2.29. The maximum atomic E-state index is 13.5. The van der Waals surface area contributed by atoms with Crippen molar-refractivity contribution in [2.75, 3.05) is 39.4 Å². The number of fused-ring (bicyclic) bond motifs is 2. The molecule has 1 fully saturated rings. The van der Waals surface area contributed by atoms with Gasteiger partial charge in [-0.2, -0.15) is 0 Å². The monoisotopic (exact) mass is 568 g/mol. The van der Waals surface area contributed by atoms with Gasteiger partial charge in [-0.05, 0) is 51.9 Å². The molecular weight excluding hydrogens is 531 g/mol. The molecule has 0 aliphatic carbocycles. The van der Waals surface area contributed by atoms with Crippen molar-refractivity contribution in [1.82, 2.24) is 30.5 Å². The Morgan fingerprint density at radius 3 is 2.83 bits per heavy atom. The number of likely N-dealkylation sites (tertiary alicyclic amines) is 1. The van der Waals surface area contributed by atoms with E-state index in [0.717, 1.165) is 18.7 Å².